The van der Waals surface area contributed by atoms with Gasteiger partial charge in [0.1, 0.15) is 0 Å². The van der Waals surface area contributed by atoms with Crippen LogP contribution >= 0.6 is 0 Å². The zero-order chi connectivity index (χ0) is 34.1. The minimum Gasteiger partial charge on any atom is -0.481 e. The van der Waals surface area contributed by atoms with E-state index in [1.54, 1.807) is 62.0 Å². The van der Waals surface area contributed by atoms with Gasteiger partial charge in [-0.2, -0.15) is 13.2 Å². The van der Waals surface area contributed by atoms with E-state index in [1.165, 1.54) is 17.0 Å². The summed E-state index contributed by atoms with van der Waals surface area (Å²) < 4.78 is 42.3. The number of carbonyl (C=O) groups is 3. The maximum Gasteiger partial charge on any atom is 0.416 e. The van der Waals surface area contributed by atoms with Crippen LogP contribution in [0, 0.1) is 13.8 Å². The van der Waals surface area contributed by atoms with Gasteiger partial charge in [-0.15, -0.1) is 0 Å². The van der Waals surface area contributed by atoms with E-state index in [4.69, 9.17) is 10.2 Å². The van der Waals surface area contributed by atoms with Crippen LogP contribution in [0.4, 0.5) is 30.5 Å². The van der Waals surface area contributed by atoms with Gasteiger partial charge >= 0.3 is 18.1 Å². The minimum absolute atomic E-state index is 0.00114. The molecule has 3 heterocycles. The molecule has 3 aromatic heterocycles. The normalized spacial score (nSPS) is 10.8. The summed E-state index contributed by atoms with van der Waals surface area (Å²) in [5.41, 5.74) is 3.09. The van der Waals surface area contributed by atoms with Crippen LogP contribution in [0.1, 0.15) is 40.0 Å². The summed E-state index contributed by atoms with van der Waals surface area (Å²) in [6.45, 7) is 3.58. The maximum absolute atomic E-state index is 13.6. The van der Waals surface area contributed by atoms with Crippen molar-refractivity contribution in [3.05, 3.63) is 108 Å². The van der Waals surface area contributed by atoms with Crippen LogP contribution in [-0.2, 0) is 15.8 Å². The van der Waals surface area contributed by atoms with Crippen LogP contribution in [0.25, 0.3) is 16.9 Å². The van der Waals surface area contributed by atoms with E-state index >= 15 is 0 Å². The first-order valence-corrected chi connectivity index (χ1v) is 13.9. The molecule has 0 aliphatic heterocycles. The highest BCUT2D eigenvalue weighted by atomic mass is 19.4. The molecule has 4 N–H and O–H groups in total. The van der Waals surface area contributed by atoms with E-state index < -0.39 is 29.6 Å². The van der Waals surface area contributed by atoms with E-state index in [-0.39, 0.29) is 29.8 Å². The van der Waals surface area contributed by atoms with Crippen molar-refractivity contribution in [2.45, 2.75) is 32.9 Å². The highest BCUT2D eigenvalue weighted by molar-refractivity contribution is 6.05. The molecule has 0 fully saturated rings. The minimum atomic E-state index is -4.60. The van der Waals surface area contributed by atoms with Gasteiger partial charge in [-0.3, -0.25) is 19.4 Å². The summed E-state index contributed by atoms with van der Waals surface area (Å²) in [7, 11) is 0. The number of carbonyl (C=O) groups excluding carboxylic acids is 1. The van der Waals surface area contributed by atoms with Crippen molar-refractivity contribution in [3.63, 3.8) is 0 Å². The summed E-state index contributed by atoms with van der Waals surface area (Å²) in [6.07, 6.45) is 2.79. The second-order valence-electron chi connectivity index (χ2n) is 10.1. The first kappa shape index (κ1) is 33.8. The van der Waals surface area contributed by atoms with Crippen molar-refractivity contribution in [3.8, 4) is 16.9 Å². The highest BCUT2D eigenvalue weighted by Crippen LogP contribution is 2.33. The molecule has 0 bridgehead atoms. The Bertz CT molecular complexity index is 1880. The largest absolute Gasteiger partial charge is 0.481 e. The third-order valence-corrected chi connectivity index (χ3v) is 6.42. The molecule has 15 heteroatoms. The summed E-state index contributed by atoms with van der Waals surface area (Å²) in [5.74, 6) is -2.41. The number of carboxylic acids is 2. The van der Waals surface area contributed by atoms with Crippen molar-refractivity contribution in [2.24, 2.45) is 0 Å². The maximum atomic E-state index is 13.6. The number of halogens is 3. The Kier molecular flexibility index (Phi) is 10.6. The quantitative estimate of drug-likeness (QED) is 0.142. The first-order chi connectivity index (χ1) is 22.3. The number of imidazole rings is 1. The standard InChI is InChI=1S/C28H22F3N7O.C4H6O4/c1-17-5-6-19(10-25(17)37-27-33-9-7-24(36-27)20-4-3-8-32-14-20)26(39)35-22-11-21(28(29,30)31)12-23(13-22)38-15-18(2)34-16-38;5-3(6)1-2-4(7)8/h3-16H,1-2H3,(H,35,39)(H,33,36,37);1-2H2,(H,5,6)(H,7,8). The van der Waals surface area contributed by atoms with E-state index in [0.717, 1.165) is 23.3 Å². The Morgan fingerprint density at radius 1 is 0.915 bits per heavy atom. The number of amides is 1. The molecule has 1 amide bonds. The number of aryl methyl sites for hydroxylation is 2. The van der Waals surface area contributed by atoms with Crippen LogP contribution in [0.5, 0.6) is 0 Å². The Morgan fingerprint density at radius 2 is 1.66 bits per heavy atom. The lowest BCUT2D eigenvalue weighted by Crippen LogP contribution is -2.14. The van der Waals surface area contributed by atoms with Crippen molar-refractivity contribution >= 4 is 35.2 Å². The zero-order valence-corrected chi connectivity index (χ0v) is 25.0. The number of nitrogens with zero attached hydrogens (tertiary/aromatic N) is 5. The lowest BCUT2D eigenvalue weighted by Gasteiger charge is -2.14. The van der Waals surface area contributed by atoms with Crippen molar-refractivity contribution < 1.29 is 37.8 Å². The van der Waals surface area contributed by atoms with Crippen LogP contribution in [0.3, 0.4) is 0 Å². The number of aromatic nitrogens is 5. The van der Waals surface area contributed by atoms with E-state index in [1.807, 2.05) is 13.0 Å². The van der Waals surface area contributed by atoms with Gasteiger partial charge in [0.25, 0.3) is 5.91 Å². The number of hydrogen-bond donors (Lipinski definition) is 4. The number of nitrogens with one attached hydrogen (secondary N) is 2. The fraction of sp³-hybridized carbons (Fsp3) is 0.156. The fourth-order valence-electron chi connectivity index (χ4n) is 4.09. The van der Waals surface area contributed by atoms with Gasteiger partial charge < -0.3 is 25.4 Å². The number of anilines is 3. The average Bonchev–Trinajstić information content (AvgIpc) is 3.47. The Balaban J connectivity index is 0.000000555. The number of rotatable bonds is 9. The molecular formula is C32H28F3N7O5. The van der Waals surface area contributed by atoms with Gasteiger partial charge in [0.05, 0.1) is 36.1 Å². The van der Waals surface area contributed by atoms with Crippen LogP contribution in [-0.4, -0.2) is 52.6 Å². The molecule has 0 aliphatic rings. The molecular weight excluding hydrogens is 619 g/mol. The molecule has 2 aromatic carbocycles. The van der Waals surface area contributed by atoms with Crippen LogP contribution < -0.4 is 10.6 Å². The van der Waals surface area contributed by atoms with Gasteiger partial charge in [-0.25, -0.2) is 15.0 Å². The predicted molar refractivity (Wildman–Crippen MR) is 165 cm³/mol. The van der Waals surface area contributed by atoms with Crippen molar-refractivity contribution in [1.29, 1.82) is 0 Å². The fourth-order valence-corrected chi connectivity index (χ4v) is 4.09. The number of pyridine rings is 1. The van der Waals surface area contributed by atoms with Gasteiger partial charge in [0.15, 0.2) is 0 Å². The molecule has 5 aromatic rings. The molecule has 242 valence electrons. The first-order valence-electron chi connectivity index (χ1n) is 13.9. The number of carboxylic acid groups (broad SMARTS) is 2. The van der Waals surface area contributed by atoms with Crippen LogP contribution in [0.15, 0.2) is 85.7 Å². The molecule has 5 rings (SSSR count). The molecule has 0 unspecified atom stereocenters. The number of alkyl halides is 3. The second kappa shape index (κ2) is 14.8. The zero-order valence-electron chi connectivity index (χ0n) is 25.0. The van der Waals surface area contributed by atoms with Gasteiger partial charge in [0, 0.05) is 53.0 Å². The molecule has 12 nitrogen and oxygen atoms in total. The van der Waals surface area contributed by atoms with E-state index in [0.29, 0.717) is 23.0 Å². The summed E-state index contributed by atoms with van der Waals surface area (Å²) in [4.78, 5) is 49.3. The van der Waals surface area contributed by atoms with Crippen molar-refractivity contribution in [1.82, 2.24) is 24.5 Å². The molecule has 0 saturated heterocycles. The summed E-state index contributed by atoms with van der Waals surface area (Å²) in [5, 5.41) is 21.5. The number of hydrogen-bond acceptors (Lipinski definition) is 8. The lowest BCUT2D eigenvalue weighted by molar-refractivity contribution is -0.143. The number of benzene rings is 2. The monoisotopic (exact) mass is 647 g/mol. The van der Waals surface area contributed by atoms with Gasteiger partial charge in [-0.05, 0) is 67.9 Å². The Hall–Kier alpha value is -6.12. The predicted octanol–water partition coefficient (Wildman–Crippen LogP) is 6.29. The molecule has 0 aliphatic carbocycles. The smallest absolute Gasteiger partial charge is 0.416 e. The van der Waals surface area contributed by atoms with E-state index in [9.17, 15) is 27.6 Å². The molecule has 0 radical (unpaired) electrons. The topological polar surface area (TPSA) is 172 Å². The molecule has 0 atom stereocenters. The molecule has 0 saturated carbocycles. The highest BCUT2D eigenvalue weighted by Gasteiger charge is 2.31. The lowest BCUT2D eigenvalue weighted by atomic mass is 10.1. The molecule has 47 heavy (non-hydrogen) atoms. The van der Waals surface area contributed by atoms with Crippen molar-refractivity contribution in [2.75, 3.05) is 10.6 Å². The molecule has 0 spiro atoms. The van der Waals surface area contributed by atoms with Gasteiger partial charge in [0.2, 0.25) is 5.95 Å². The summed E-state index contributed by atoms with van der Waals surface area (Å²) >= 11 is 0. The Morgan fingerprint density at radius 3 is 2.28 bits per heavy atom. The second-order valence-corrected chi connectivity index (χ2v) is 10.1. The Labute approximate surface area is 266 Å². The third kappa shape index (κ3) is 9.68. The average molecular weight is 648 g/mol. The third-order valence-electron chi connectivity index (χ3n) is 6.42. The SMILES string of the molecule is Cc1cn(-c2cc(NC(=O)c3ccc(C)c(Nc4nccc(-c5cccnc5)n4)c3)cc(C(F)(F)F)c2)cn1.O=C(O)CCC(=O)O. The number of aliphatic carboxylic acids is 2. The van der Waals surface area contributed by atoms with E-state index in [2.05, 4.69) is 30.6 Å². The van der Waals surface area contributed by atoms with Crippen LogP contribution in [0.2, 0.25) is 0 Å². The van der Waals surface area contributed by atoms with Gasteiger partial charge in [-0.1, -0.05) is 6.07 Å². The summed E-state index contributed by atoms with van der Waals surface area (Å²) in [6, 6.07) is 13.7.